The summed E-state index contributed by atoms with van der Waals surface area (Å²) in [7, 11) is 2.66. The van der Waals surface area contributed by atoms with Crippen LogP contribution in [0.5, 0.6) is 0 Å². The molecule has 54 valence electrons. The SMILES string of the molecule is COP(=S)(OC)C(=O)S. The average Bonchev–Trinajstić information content (AvgIpc) is 1.86. The molecule has 0 rings (SSSR count). The molecule has 0 saturated carbocycles. The second kappa shape index (κ2) is 3.68. The molecule has 0 spiro atoms. The van der Waals surface area contributed by atoms with E-state index in [0.29, 0.717) is 0 Å². The van der Waals surface area contributed by atoms with Gasteiger partial charge in [0.25, 0.3) is 11.3 Å². The van der Waals surface area contributed by atoms with Crippen LogP contribution in [0.4, 0.5) is 4.79 Å². The molecule has 3 nitrogen and oxygen atoms in total. The van der Waals surface area contributed by atoms with E-state index in [1.54, 1.807) is 0 Å². The molecule has 0 aromatic heterocycles. The van der Waals surface area contributed by atoms with Crippen LogP contribution in [0, 0.1) is 0 Å². The Balaban J connectivity index is 4.30. The summed E-state index contributed by atoms with van der Waals surface area (Å²) in [5.74, 6) is 0. The second-order valence-electron chi connectivity index (χ2n) is 1.15. The van der Waals surface area contributed by atoms with Crippen LogP contribution in [0.1, 0.15) is 0 Å². The summed E-state index contributed by atoms with van der Waals surface area (Å²) in [4.78, 5) is 9.98. The molecular weight excluding hydrogens is 179 g/mol. The van der Waals surface area contributed by atoms with Crippen molar-refractivity contribution in [3.05, 3.63) is 0 Å². The average molecular weight is 186 g/mol. The lowest BCUT2D eigenvalue weighted by Gasteiger charge is -2.11. The molecule has 0 saturated heterocycles. The smallest absolute Gasteiger partial charge is 0.269 e. The predicted molar refractivity (Wildman–Crippen MR) is 42.7 cm³/mol. The first kappa shape index (κ1) is 9.59. The number of carbonyl (C=O) groups is 1. The maximum atomic E-state index is 10.5. The summed E-state index contributed by atoms with van der Waals surface area (Å²) in [6.45, 7) is -2.69. The molecule has 0 heterocycles. The molecule has 9 heavy (non-hydrogen) atoms. The fourth-order valence-corrected chi connectivity index (χ4v) is 1.18. The summed E-state index contributed by atoms with van der Waals surface area (Å²) in [5, 5.41) is 0. The van der Waals surface area contributed by atoms with Gasteiger partial charge >= 0.3 is 0 Å². The quantitative estimate of drug-likeness (QED) is 0.537. The third kappa shape index (κ3) is 2.35. The van der Waals surface area contributed by atoms with E-state index in [1.807, 2.05) is 0 Å². The van der Waals surface area contributed by atoms with E-state index in [4.69, 9.17) is 0 Å². The summed E-state index contributed by atoms with van der Waals surface area (Å²) < 4.78 is 9.25. The number of rotatable bonds is 3. The highest BCUT2D eigenvalue weighted by molar-refractivity contribution is 8.30. The highest BCUT2D eigenvalue weighted by Gasteiger charge is 2.22. The van der Waals surface area contributed by atoms with Crippen LogP contribution in [0.25, 0.3) is 0 Å². The Kier molecular flexibility index (Phi) is 3.93. The van der Waals surface area contributed by atoms with Gasteiger partial charge in [-0.25, -0.2) is 0 Å². The Morgan fingerprint density at radius 2 is 1.89 bits per heavy atom. The normalized spacial score (nSPS) is 11.4. The van der Waals surface area contributed by atoms with E-state index in [1.165, 1.54) is 14.2 Å². The molecule has 0 aromatic rings. The molecule has 0 aromatic carbocycles. The van der Waals surface area contributed by atoms with E-state index in [9.17, 15) is 4.79 Å². The van der Waals surface area contributed by atoms with Crippen LogP contribution in [0.2, 0.25) is 0 Å². The van der Waals surface area contributed by atoms with Crippen molar-refractivity contribution in [2.24, 2.45) is 0 Å². The van der Waals surface area contributed by atoms with Gasteiger partial charge in [0.2, 0.25) is 0 Å². The number of hydrogen-bond donors (Lipinski definition) is 1. The number of carbonyl (C=O) groups excluding carboxylic acids is 1. The highest BCUT2D eigenvalue weighted by atomic mass is 32.5. The van der Waals surface area contributed by atoms with Crippen molar-refractivity contribution in [2.45, 2.75) is 0 Å². The zero-order chi connectivity index (χ0) is 7.49. The van der Waals surface area contributed by atoms with Gasteiger partial charge < -0.3 is 9.05 Å². The number of hydrogen-bond acceptors (Lipinski definition) is 4. The van der Waals surface area contributed by atoms with Crippen LogP contribution >= 0.6 is 19.1 Å². The number of thiol groups is 1. The summed E-state index contributed by atoms with van der Waals surface area (Å²) in [6, 6.07) is 0. The Morgan fingerprint density at radius 1 is 1.56 bits per heavy atom. The molecule has 0 atom stereocenters. The lowest BCUT2D eigenvalue weighted by atomic mass is 11.8. The van der Waals surface area contributed by atoms with Crippen LogP contribution in [0.3, 0.4) is 0 Å². The van der Waals surface area contributed by atoms with Crippen molar-refractivity contribution < 1.29 is 13.8 Å². The first-order chi connectivity index (χ1) is 4.06. The fraction of sp³-hybridized carbons (Fsp3) is 0.667. The van der Waals surface area contributed by atoms with E-state index < -0.39 is 11.3 Å². The molecular formula is C3H7O3PS2. The summed E-state index contributed by atoms with van der Waals surface area (Å²) >= 11 is 8.16. The topological polar surface area (TPSA) is 35.5 Å². The maximum absolute atomic E-state index is 10.5. The largest absolute Gasteiger partial charge is 0.327 e. The van der Waals surface area contributed by atoms with Crippen molar-refractivity contribution >= 4 is 35.8 Å². The molecule has 0 bridgehead atoms. The van der Waals surface area contributed by atoms with Crippen LogP contribution < -0.4 is 0 Å². The molecule has 0 aliphatic rings. The van der Waals surface area contributed by atoms with Crippen molar-refractivity contribution in [2.75, 3.05) is 14.2 Å². The minimum absolute atomic E-state index is 0.512. The first-order valence-corrected chi connectivity index (χ1v) is 5.10. The van der Waals surface area contributed by atoms with Gasteiger partial charge in [0.15, 0.2) is 0 Å². The Hall–Kier alpha value is 0.590. The molecule has 0 aliphatic carbocycles. The highest BCUT2D eigenvalue weighted by Crippen LogP contribution is 2.49. The van der Waals surface area contributed by atoms with Gasteiger partial charge in [-0.05, 0) is 11.8 Å². The van der Waals surface area contributed by atoms with Crippen molar-refractivity contribution in [1.82, 2.24) is 0 Å². The van der Waals surface area contributed by atoms with E-state index in [0.717, 1.165) is 0 Å². The minimum Gasteiger partial charge on any atom is -0.327 e. The van der Waals surface area contributed by atoms with Gasteiger partial charge in [-0.1, -0.05) is 12.6 Å². The van der Waals surface area contributed by atoms with Crippen LogP contribution in [-0.4, -0.2) is 19.1 Å². The fourth-order valence-electron chi connectivity index (χ4n) is 0.231. The first-order valence-electron chi connectivity index (χ1n) is 2.02. The Morgan fingerprint density at radius 3 is 1.89 bits per heavy atom. The van der Waals surface area contributed by atoms with Gasteiger partial charge in [0.05, 0.1) is 0 Å². The third-order valence-corrected chi connectivity index (χ3v) is 4.73. The second-order valence-corrected chi connectivity index (χ2v) is 5.48. The monoisotopic (exact) mass is 186 g/mol. The molecule has 0 fully saturated rings. The molecule has 0 N–H and O–H groups in total. The van der Waals surface area contributed by atoms with Gasteiger partial charge in [-0.3, -0.25) is 4.79 Å². The minimum atomic E-state index is -2.69. The lowest BCUT2D eigenvalue weighted by molar-refractivity contribution is 0.265. The van der Waals surface area contributed by atoms with Crippen LogP contribution in [-0.2, 0) is 20.9 Å². The van der Waals surface area contributed by atoms with E-state index >= 15 is 0 Å². The summed E-state index contributed by atoms with van der Waals surface area (Å²) in [5.41, 5.74) is 0. The van der Waals surface area contributed by atoms with E-state index in [-0.39, 0.29) is 0 Å². The Bertz CT molecular complexity index is 149. The zero-order valence-corrected chi connectivity index (χ0v) is 7.63. The van der Waals surface area contributed by atoms with Crippen molar-refractivity contribution in [1.29, 1.82) is 0 Å². The molecule has 0 unspecified atom stereocenters. The van der Waals surface area contributed by atoms with Crippen molar-refractivity contribution in [3.8, 4) is 0 Å². The van der Waals surface area contributed by atoms with Crippen molar-refractivity contribution in [3.63, 3.8) is 0 Å². The molecule has 6 heteroatoms. The van der Waals surface area contributed by atoms with Crippen LogP contribution in [0.15, 0.2) is 0 Å². The van der Waals surface area contributed by atoms with E-state index in [2.05, 4.69) is 33.5 Å². The molecule has 0 radical (unpaired) electrons. The summed E-state index contributed by atoms with van der Waals surface area (Å²) in [6.07, 6.45) is 0. The van der Waals surface area contributed by atoms with Gasteiger partial charge in [0.1, 0.15) is 0 Å². The van der Waals surface area contributed by atoms with Gasteiger partial charge in [-0.2, -0.15) is 0 Å². The Labute approximate surface area is 64.3 Å². The lowest BCUT2D eigenvalue weighted by Crippen LogP contribution is -1.92. The molecule has 0 amide bonds. The third-order valence-electron chi connectivity index (χ3n) is 0.715. The standard InChI is InChI=1S/C3H7O3PS2/c1-5-7(9,6-2)3(4)8/h1-2H3,(H,4,8). The zero-order valence-electron chi connectivity index (χ0n) is 5.03. The van der Waals surface area contributed by atoms with Gasteiger partial charge in [0, 0.05) is 14.2 Å². The predicted octanol–water partition coefficient (Wildman–Crippen LogP) is 1.64. The molecule has 0 aliphatic heterocycles. The maximum Gasteiger partial charge on any atom is 0.269 e. The van der Waals surface area contributed by atoms with Gasteiger partial charge in [-0.15, -0.1) is 0 Å².